The van der Waals surface area contributed by atoms with Crippen LogP contribution in [0.4, 0.5) is 5.69 Å². The Labute approximate surface area is 123 Å². The Kier molecular flexibility index (Phi) is 3.18. The number of aliphatic hydroxyl groups excluding tert-OH is 1. The molecular formula is C17H17NO3. The molecule has 1 aliphatic heterocycles. The predicted octanol–water partition coefficient (Wildman–Crippen LogP) is 2.96. The van der Waals surface area contributed by atoms with E-state index >= 15 is 0 Å². The maximum atomic E-state index is 12.6. The van der Waals surface area contributed by atoms with Gasteiger partial charge in [-0.05, 0) is 55.3 Å². The molecule has 0 spiro atoms. The van der Waals surface area contributed by atoms with Gasteiger partial charge in [0.2, 0.25) is 0 Å². The number of aliphatic hydroxyl groups is 1. The number of ether oxygens (including phenoxy) is 1. The zero-order valence-corrected chi connectivity index (χ0v) is 12.3. The number of carbonyl (C=O) groups is 1. The normalized spacial score (nSPS) is 17.0. The molecule has 0 aromatic heterocycles. The largest absolute Gasteiger partial charge is 0.497 e. The summed E-state index contributed by atoms with van der Waals surface area (Å²) in [6, 6.07) is 10.8. The van der Waals surface area contributed by atoms with Crippen LogP contribution in [-0.4, -0.2) is 18.1 Å². The lowest BCUT2D eigenvalue weighted by Crippen LogP contribution is -2.27. The van der Waals surface area contributed by atoms with E-state index in [-0.39, 0.29) is 5.91 Å². The van der Waals surface area contributed by atoms with Crippen molar-refractivity contribution in [3.05, 3.63) is 58.7 Å². The molecule has 0 aliphatic carbocycles. The van der Waals surface area contributed by atoms with Gasteiger partial charge in [0.1, 0.15) is 5.75 Å². The first-order chi connectivity index (χ1) is 10.0. The quantitative estimate of drug-likeness (QED) is 0.922. The molecule has 1 amide bonds. The van der Waals surface area contributed by atoms with Gasteiger partial charge in [-0.25, -0.2) is 0 Å². The maximum Gasteiger partial charge on any atom is 0.261 e. The fourth-order valence-electron chi connectivity index (χ4n) is 2.62. The first kappa shape index (κ1) is 13.6. The van der Waals surface area contributed by atoms with Gasteiger partial charge < -0.3 is 9.84 Å². The molecule has 0 saturated heterocycles. The third-order valence-corrected chi connectivity index (χ3v) is 3.99. The van der Waals surface area contributed by atoms with Crippen molar-refractivity contribution in [3.8, 4) is 5.75 Å². The molecule has 1 heterocycles. The summed E-state index contributed by atoms with van der Waals surface area (Å²) in [5.41, 5.74) is 4.00. The van der Waals surface area contributed by atoms with E-state index in [0.717, 1.165) is 11.1 Å². The minimum absolute atomic E-state index is 0.175. The zero-order chi connectivity index (χ0) is 15.1. The monoisotopic (exact) mass is 283 g/mol. The molecule has 1 N–H and O–H groups in total. The van der Waals surface area contributed by atoms with Crippen LogP contribution in [0.2, 0.25) is 0 Å². The van der Waals surface area contributed by atoms with Crippen LogP contribution in [-0.2, 0) is 0 Å². The molecule has 3 rings (SSSR count). The number of nitrogens with zero attached hydrogens (tertiary/aromatic N) is 1. The van der Waals surface area contributed by atoms with Gasteiger partial charge in [0.05, 0.1) is 7.11 Å². The van der Waals surface area contributed by atoms with Gasteiger partial charge in [-0.2, -0.15) is 0 Å². The number of hydrogen-bond donors (Lipinski definition) is 1. The van der Waals surface area contributed by atoms with Crippen LogP contribution >= 0.6 is 0 Å². The summed E-state index contributed by atoms with van der Waals surface area (Å²) in [6.45, 7) is 3.94. The average molecular weight is 283 g/mol. The molecule has 4 nitrogen and oxygen atoms in total. The van der Waals surface area contributed by atoms with E-state index in [1.165, 1.54) is 4.90 Å². The van der Waals surface area contributed by atoms with Crippen LogP contribution in [0.15, 0.2) is 36.4 Å². The number of carbonyl (C=O) groups excluding carboxylic acids is 1. The van der Waals surface area contributed by atoms with Crippen molar-refractivity contribution < 1.29 is 14.6 Å². The summed E-state index contributed by atoms with van der Waals surface area (Å²) in [7, 11) is 1.59. The summed E-state index contributed by atoms with van der Waals surface area (Å²) in [4.78, 5) is 14.0. The number of benzene rings is 2. The van der Waals surface area contributed by atoms with Crippen molar-refractivity contribution in [2.24, 2.45) is 0 Å². The fourth-order valence-corrected chi connectivity index (χ4v) is 2.62. The van der Waals surface area contributed by atoms with Crippen molar-refractivity contribution >= 4 is 11.6 Å². The maximum absolute atomic E-state index is 12.6. The summed E-state index contributed by atoms with van der Waals surface area (Å²) >= 11 is 0. The number of rotatable bonds is 2. The van der Waals surface area contributed by atoms with Crippen molar-refractivity contribution in [1.82, 2.24) is 0 Å². The van der Waals surface area contributed by atoms with E-state index in [2.05, 4.69) is 0 Å². The average Bonchev–Trinajstić information content (AvgIpc) is 2.72. The summed E-state index contributed by atoms with van der Waals surface area (Å²) in [5.74, 6) is 0.537. The number of amides is 1. The standard InChI is InChI=1S/C17H17NO3/c1-10-8-14-15(9-11(10)2)17(20)18(16(14)19)12-4-6-13(21-3)7-5-12/h4-9,16,19H,1-3H3. The third kappa shape index (κ3) is 2.08. The van der Waals surface area contributed by atoms with Gasteiger partial charge in [-0.3, -0.25) is 9.69 Å². The lowest BCUT2D eigenvalue weighted by molar-refractivity contribution is 0.0935. The highest BCUT2D eigenvalue weighted by Gasteiger charge is 2.36. The minimum Gasteiger partial charge on any atom is -0.497 e. The second kappa shape index (κ2) is 4.90. The molecule has 0 fully saturated rings. The van der Waals surface area contributed by atoms with Crippen molar-refractivity contribution in [2.45, 2.75) is 20.1 Å². The van der Waals surface area contributed by atoms with Gasteiger partial charge in [-0.15, -0.1) is 0 Å². The van der Waals surface area contributed by atoms with Crippen molar-refractivity contribution in [2.75, 3.05) is 12.0 Å². The highest BCUT2D eigenvalue weighted by molar-refractivity contribution is 6.10. The second-order valence-corrected chi connectivity index (χ2v) is 5.27. The lowest BCUT2D eigenvalue weighted by atomic mass is 10.0. The molecular weight excluding hydrogens is 266 g/mol. The molecule has 1 atom stereocenters. The predicted molar refractivity (Wildman–Crippen MR) is 80.7 cm³/mol. The second-order valence-electron chi connectivity index (χ2n) is 5.27. The van der Waals surface area contributed by atoms with E-state index in [4.69, 9.17) is 4.74 Å². The Hall–Kier alpha value is -2.33. The van der Waals surface area contributed by atoms with Crippen LogP contribution in [0, 0.1) is 13.8 Å². The van der Waals surface area contributed by atoms with E-state index in [1.807, 2.05) is 26.0 Å². The van der Waals surface area contributed by atoms with Crippen LogP contribution < -0.4 is 9.64 Å². The van der Waals surface area contributed by atoms with Gasteiger partial charge in [0, 0.05) is 16.8 Å². The van der Waals surface area contributed by atoms with Crippen molar-refractivity contribution in [1.29, 1.82) is 0 Å². The SMILES string of the molecule is COc1ccc(N2C(=O)c3cc(C)c(C)cc3C2O)cc1. The lowest BCUT2D eigenvalue weighted by Gasteiger charge is -2.21. The number of aryl methyl sites for hydroxylation is 2. The highest BCUT2D eigenvalue weighted by atomic mass is 16.5. The van der Waals surface area contributed by atoms with Crippen LogP contribution in [0.25, 0.3) is 0 Å². The van der Waals surface area contributed by atoms with Crippen LogP contribution in [0.1, 0.15) is 33.3 Å². The summed E-state index contributed by atoms with van der Waals surface area (Å²) < 4.78 is 5.11. The first-order valence-electron chi connectivity index (χ1n) is 6.79. The van der Waals surface area contributed by atoms with Gasteiger partial charge >= 0.3 is 0 Å². The molecule has 0 bridgehead atoms. The number of methoxy groups -OCH3 is 1. The Morgan fingerprint density at radius 3 is 2.33 bits per heavy atom. The minimum atomic E-state index is -0.944. The fraction of sp³-hybridized carbons (Fsp3) is 0.235. The van der Waals surface area contributed by atoms with E-state index < -0.39 is 6.23 Å². The molecule has 4 heteroatoms. The van der Waals surface area contributed by atoms with E-state index in [1.54, 1.807) is 31.4 Å². The first-order valence-corrected chi connectivity index (χ1v) is 6.79. The summed E-state index contributed by atoms with van der Waals surface area (Å²) in [5, 5.41) is 10.5. The van der Waals surface area contributed by atoms with Crippen LogP contribution in [0.3, 0.4) is 0 Å². The molecule has 1 unspecified atom stereocenters. The van der Waals surface area contributed by atoms with Gasteiger partial charge in [0.25, 0.3) is 5.91 Å². The molecule has 2 aromatic rings. The molecule has 21 heavy (non-hydrogen) atoms. The number of hydrogen-bond acceptors (Lipinski definition) is 3. The molecule has 0 saturated carbocycles. The van der Waals surface area contributed by atoms with E-state index in [0.29, 0.717) is 22.6 Å². The topological polar surface area (TPSA) is 49.8 Å². The number of anilines is 1. The molecule has 1 aliphatic rings. The summed E-state index contributed by atoms with van der Waals surface area (Å²) in [6.07, 6.45) is -0.944. The third-order valence-electron chi connectivity index (χ3n) is 3.99. The molecule has 2 aromatic carbocycles. The smallest absolute Gasteiger partial charge is 0.261 e. The Morgan fingerprint density at radius 1 is 1.10 bits per heavy atom. The highest BCUT2D eigenvalue weighted by Crippen LogP contribution is 2.37. The van der Waals surface area contributed by atoms with Gasteiger partial charge in [-0.1, -0.05) is 6.07 Å². The number of fused-ring (bicyclic) bond motifs is 1. The Bertz CT molecular complexity index is 707. The Balaban J connectivity index is 2.04. The molecule has 0 radical (unpaired) electrons. The van der Waals surface area contributed by atoms with Crippen LogP contribution in [0.5, 0.6) is 5.75 Å². The Morgan fingerprint density at radius 2 is 1.71 bits per heavy atom. The zero-order valence-electron chi connectivity index (χ0n) is 12.3. The van der Waals surface area contributed by atoms with Gasteiger partial charge in [0.15, 0.2) is 6.23 Å². The van der Waals surface area contributed by atoms with E-state index in [9.17, 15) is 9.90 Å². The molecule has 108 valence electrons. The van der Waals surface area contributed by atoms with Crippen molar-refractivity contribution in [3.63, 3.8) is 0 Å².